The molecule has 0 bridgehead atoms. The first kappa shape index (κ1) is 14.8. The monoisotopic (exact) mass is 305 g/mol. The third kappa shape index (κ3) is 3.27. The van der Waals surface area contributed by atoms with Crippen LogP contribution >= 0.6 is 11.6 Å². The summed E-state index contributed by atoms with van der Waals surface area (Å²) in [4.78, 5) is 0.148. The number of rotatable bonds is 6. The summed E-state index contributed by atoms with van der Waals surface area (Å²) in [7, 11) is -3.54. The van der Waals surface area contributed by atoms with Crippen LogP contribution < -0.4 is 0 Å². The lowest BCUT2D eigenvalue weighted by Gasteiger charge is -2.36. The van der Waals surface area contributed by atoms with E-state index in [9.17, 15) is 12.8 Å². The molecule has 1 aliphatic rings. The Morgan fingerprint density at radius 3 is 2.37 bits per heavy atom. The third-order valence-electron chi connectivity index (χ3n) is 3.41. The van der Waals surface area contributed by atoms with Gasteiger partial charge in [0.2, 0.25) is 10.0 Å². The summed E-state index contributed by atoms with van der Waals surface area (Å²) in [6.07, 6.45) is 3.46. The predicted octanol–water partition coefficient (Wildman–Crippen LogP) is 3.00. The van der Waals surface area contributed by atoms with E-state index in [0.29, 0.717) is 18.8 Å². The SMILES string of the molecule is O=S(=O)(c1ccc(F)cc1)N(CCCCl)C1CCC1. The van der Waals surface area contributed by atoms with E-state index >= 15 is 0 Å². The van der Waals surface area contributed by atoms with Crippen LogP contribution in [0.5, 0.6) is 0 Å². The van der Waals surface area contributed by atoms with Crippen molar-refractivity contribution in [3.63, 3.8) is 0 Å². The number of hydrogen-bond acceptors (Lipinski definition) is 2. The van der Waals surface area contributed by atoms with Gasteiger partial charge in [0, 0.05) is 18.5 Å². The van der Waals surface area contributed by atoms with Crippen molar-refractivity contribution in [2.75, 3.05) is 12.4 Å². The van der Waals surface area contributed by atoms with Crippen LogP contribution in [0, 0.1) is 5.82 Å². The molecule has 1 aromatic carbocycles. The van der Waals surface area contributed by atoms with Gasteiger partial charge in [-0.3, -0.25) is 0 Å². The third-order valence-corrected chi connectivity index (χ3v) is 5.65. The fourth-order valence-corrected chi connectivity index (χ4v) is 3.97. The van der Waals surface area contributed by atoms with E-state index < -0.39 is 15.8 Å². The van der Waals surface area contributed by atoms with Crippen molar-refractivity contribution >= 4 is 21.6 Å². The first-order valence-corrected chi connectivity index (χ1v) is 8.36. The molecule has 0 aromatic heterocycles. The number of benzene rings is 1. The summed E-state index contributed by atoms with van der Waals surface area (Å²) < 4.78 is 39.5. The van der Waals surface area contributed by atoms with Gasteiger partial charge in [0.15, 0.2) is 0 Å². The fourth-order valence-electron chi connectivity index (χ4n) is 2.13. The molecule has 0 N–H and O–H groups in total. The largest absolute Gasteiger partial charge is 0.243 e. The zero-order valence-electron chi connectivity index (χ0n) is 10.6. The Labute approximate surface area is 118 Å². The average molecular weight is 306 g/mol. The zero-order chi connectivity index (χ0) is 13.9. The van der Waals surface area contributed by atoms with Crippen molar-refractivity contribution in [2.24, 2.45) is 0 Å². The van der Waals surface area contributed by atoms with Crippen molar-refractivity contribution in [1.82, 2.24) is 4.31 Å². The van der Waals surface area contributed by atoms with Crippen LogP contribution in [-0.2, 0) is 10.0 Å². The van der Waals surface area contributed by atoms with Gasteiger partial charge in [-0.15, -0.1) is 11.6 Å². The lowest BCUT2D eigenvalue weighted by molar-refractivity contribution is 0.220. The van der Waals surface area contributed by atoms with Crippen LogP contribution in [0.3, 0.4) is 0 Å². The molecule has 3 nitrogen and oxygen atoms in total. The van der Waals surface area contributed by atoms with Crippen LogP contribution in [-0.4, -0.2) is 31.2 Å². The second-order valence-corrected chi connectivity index (χ2v) is 6.97. The van der Waals surface area contributed by atoms with Crippen LogP contribution in [0.25, 0.3) is 0 Å². The van der Waals surface area contributed by atoms with E-state index in [-0.39, 0.29) is 10.9 Å². The molecule has 0 atom stereocenters. The predicted molar refractivity (Wildman–Crippen MR) is 73.3 cm³/mol. The number of halogens is 2. The van der Waals surface area contributed by atoms with E-state index in [0.717, 1.165) is 19.3 Å². The Morgan fingerprint density at radius 2 is 1.89 bits per heavy atom. The Balaban J connectivity index is 2.24. The maximum Gasteiger partial charge on any atom is 0.243 e. The molecule has 1 aliphatic carbocycles. The molecule has 0 saturated heterocycles. The second-order valence-electron chi connectivity index (χ2n) is 4.70. The van der Waals surface area contributed by atoms with E-state index in [1.807, 2.05) is 0 Å². The van der Waals surface area contributed by atoms with E-state index in [4.69, 9.17) is 11.6 Å². The molecule has 1 aromatic rings. The number of alkyl halides is 1. The fraction of sp³-hybridized carbons (Fsp3) is 0.538. The van der Waals surface area contributed by atoms with Crippen LogP contribution in [0.2, 0.25) is 0 Å². The summed E-state index contributed by atoms with van der Waals surface area (Å²) in [5.41, 5.74) is 0. The molecular formula is C13H17ClFNO2S. The van der Waals surface area contributed by atoms with Crippen molar-refractivity contribution in [1.29, 1.82) is 0 Å². The maximum atomic E-state index is 12.9. The highest BCUT2D eigenvalue weighted by molar-refractivity contribution is 7.89. The highest BCUT2D eigenvalue weighted by atomic mass is 35.5. The minimum atomic E-state index is -3.54. The van der Waals surface area contributed by atoms with Crippen LogP contribution in [0.4, 0.5) is 4.39 Å². The number of sulfonamides is 1. The van der Waals surface area contributed by atoms with E-state index in [1.54, 1.807) is 0 Å². The Kier molecular flexibility index (Phi) is 4.81. The van der Waals surface area contributed by atoms with Crippen molar-refractivity contribution < 1.29 is 12.8 Å². The molecule has 0 amide bonds. The lowest BCUT2D eigenvalue weighted by Crippen LogP contribution is -2.44. The Hall–Kier alpha value is -0.650. The normalized spacial score (nSPS) is 16.6. The van der Waals surface area contributed by atoms with Crippen molar-refractivity contribution in [3.8, 4) is 0 Å². The highest BCUT2D eigenvalue weighted by Crippen LogP contribution is 2.30. The highest BCUT2D eigenvalue weighted by Gasteiger charge is 2.34. The van der Waals surface area contributed by atoms with Crippen molar-refractivity contribution in [2.45, 2.75) is 36.6 Å². The first-order chi connectivity index (χ1) is 9.05. The standard InChI is InChI=1S/C13H17ClFNO2S/c14-9-2-10-16(12-3-1-4-12)19(17,18)13-7-5-11(15)6-8-13/h5-8,12H,1-4,9-10H2. The number of hydrogen-bond donors (Lipinski definition) is 0. The summed E-state index contributed by atoms with van der Waals surface area (Å²) >= 11 is 5.66. The molecule has 0 heterocycles. The molecule has 6 heteroatoms. The quantitative estimate of drug-likeness (QED) is 0.758. The van der Waals surface area contributed by atoms with Gasteiger partial charge in [0.05, 0.1) is 4.90 Å². The first-order valence-electron chi connectivity index (χ1n) is 6.39. The number of nitrogens with zero attached hydrogens (tertiary/aromatic N) is 1. The molecule has 0 spiro atoms. The molecular weight excluding hydrogens is 289 g/mol. The van der Waals surface area contributed by atoms with Gasteiger partial charge in [0.25, 0.3) is 0 Å². The zero-order valence-corrected chi connectivity index (χ0v) is 12.1. The smallest absolute Gasteiger partial charge is 0.207 e. The molecule has 1 saturated carbocycles. The van der Waals surface area contributed by atoms with E-state index in [2.05, 4.69) is 0 Å². The minimum absolute atomic E-state index is 0.0678. The molecule has 0 radical (unpaired) electrons. The van der Waals surface area contributed by atoms with Gasteiger partial charge < -0.3 is 0 Å². The van der Waals surface area contributed by atoms with Gasteiger partial charge in [-0.25, -0.2) is 12.8 Å². The summed E-state index contributed by atoms with van der Waals surface area (Å²) in [6, 6.07) is 5.05. The molecule has 2 rings (SSSR count). The topological polar surface area (TPSA) is 37.4 Å². The molecule has 19 heavy (non-hydrogen) atoms. The molecule has 0 aliphatic heterocycles. The maximum absolute atomic E-state index is 12.9. The van der Waals surface area contributed by atoms with Gasteiger partial charge in [-0.05, 0) is 43.5 Å². The van der Waals surface area contributed by atoms with Gasteiger partial charge in [0.1, 0.15) is 5.82 Å². The Morgan fingerprint density at radius 1 is 1.26 bits per heavy atom. The average Bonchev–Trinajstić information content (AvgIpc) is 2.32. The van der Waals surface area contributed by atoms with Gasteiger partial charge in [-0.2, -0.15) is 4.31 Å². The van der Waals surface area contributed by atoms with E-state index in [1.165, 1.54) is 28.6 Å². The molecule has 0 unspecified atom stereocenters. The molecule has 106 valence electrons. The second kappa shape index (κ2) is 6.20. The summed E-state index contributed by atoms with van der Waals surface area (Å²) in [6.45, 7) is 0.424. The van der Waals surface area contributed by atoms with Crippen LogP contribution in [0.15, 0.2) is 29.2 Å². The van der Waals surface area contributed by atoms with Gasteiger partial charge in [-0.1, -0.05) is 6.42 Å². The van der Waals surface area contributed by atoms with Gasteiger partial charge >= 0.3 is 0 Å². The Bertz CT molecular complexity index is 514. The lowest BCUT2D eigenvalue weighted by atomic mass is 9.93. The molecule has 1 fully saturated rings. The minimum Gasteiger partial charge on any atom is -0.207 e. The van der Waals surface area contributed by atoms with Crippen molar-refractivity contribution in [3.05, 3.63) is 30.1 Å². The summed E-state index contributed by atoms with van der Waals surface area (Å²) in [5, 5.41) is 0. The summed E-state index contributed by atoms with van der Waals surface area (Å²) in [5.74, 6) is -0.00258. The van der Waals surface area contributed by atoms with Crippen LogP contribution in [0.1, 0.15) is 25.7 Å².